The molecule has 2 nitrogen and oxygen atoms in total. The lowest BCUT2D eigenvalue weighted by Crippen LogP contribution is -2.33. The molecule has 0 aliphatic rings. The van der Waals surface area contributed by atoms with Crippen molar-refractivity contribution in [2.75, 3.05) is 6.54 Å². The topological polar surface area (TPSA) is 24.9 Å². The second-order valence-corrected chi connectivity index (χ2v) is 4.98. The van der Waals surface area contributed by atoms with E-state index in [4.69, 9.17) is 0 Å². The first kappa shape index (κ1) is 13.7. The lowest BCUT2D eigenvalue weighted by atomic mass is 9.94. The van der Waals surface area contributed by atoms with Crippen molar-refractivity contribution in [3.63, 3.8) is 0 Å². The van der Waals surface area contributed by atoms with Crippen LogP contribution in [0.2, 0.25) is 0 Å². The van der Waals surface area contributed by atoms with E-state index in [0.29, 0.717) is 12.0 Å². The summed E-state index contributed by atoms with van der Waals surface area (Å²) in [5.74, 6) is 0.474. The predicted octanol–water partition coefficient (Wildman–Crippen LogP) is 3.73. The van der Waals surface area contributed by atoms with Crippen LogP contribution >= 0.6 is 15.9 Å². The highest BCUT2D eigenvalue weighted by atomic mass is 79.9. The average Bonchev–Trinajstić information content (AvgIpc) is 2.30. The van der Waals surface area contributed by atoms with Gasteiger partial charge in [0.15, 0.2) is 0 Å². The molecular weight excluding hydrogens is 264 g/mol. The van der Waals surface area contributed by atoms with Gasteiger partial charge in [-0.05, 0) is 54.4 Å². The number of hydrogen-bond donors (Lipinski definition) is 1. The van der Waals surface area contributed by atoms with Crippen LogP contribution in [0.1, 0.15) is 45.2 Å². The van der Waals surface area contributed by atoms with Crippen molar-refractivity contribution in [3.8, 4) is 0 Å². The van der Waals surface area contributed by atoms with Gasteiger partial charge in [-0.1, -0.05) is 13.8 Å². The minimum atomic E-state index is 0.469. The van der Waals surface area contributed by atoms with Crippen LogP contribution in [0.5, 0.6) is 0 Å². The first-order chi connectivity index (χ1) is 7.70. The minimum absolute atomic E-state index is 0.469. The van der Waals surface area contributed by atoms with Crippen molar-refractivity contribution in [2.24, 2.45) is 0 Å². The SMILES string of the molecule is CCCNC(C)C(CC)c1ncccc1Br. The molecule has 2 atom stereocenters. The molecule has 0 amide bonds. The molecule has 0 aromatic carbocycles. The third-order valence-corrected chi connectivity index (χ3v) is 3.57. The average molecular weight is 285 g/mol. The second kappa shape index (κ2) is 7.02. The summed E-state index contributed by atoms with van der Waals surface area (Å²) in [6.45, 7) is 7.72. The third-order valence-electron chi connectivity index (χ3n) is 2.90. The third kappa shape index (κ3) is 3.56. The maximum Gasteiger partial charge on any atom is 0.0591 e. The van der Waals surface area contributed by atoms with Crippen LogP contribution in [0.25, 0.3) is 0 Å². The molecule has 0 aliphatic carbocycles. The van der Waals surface area contributed by atoms with Gasteiger partial charge in [0, 0.05) is 22.6 Å². The van der Waals surface area contributed by atoms with Gasteiger partial charge in [-0.2, -0.15) is 0 Å². The van der Waals surface area contributed by atoms with E-state index in [2.05, 4.69) is 53.1 Å². The predicted molar refractivity (Wildman–Crippen MR) is 72.7 cm³/mol. The Morgan fingerprint density at radius 3 is 2.75 bits per heavy atom. The molecule has 2 unspecified atom stereocenters. The minimum Gasteiger partial charge on any atom is -0.314 e. The molecule has 1 heterocycles. The molecule has 0 spiro atoms. The van der Waals surface area contributed by atoms with Crippen LogP contribution in [0.3, 0.4) is 0 Å². The zero-order valence-electron chi connectivity index (χ0n) is 10.3. The summed E-state index contributed by atoms with van der Waals surface area (Å²) in [6, 6.07) is 4.50. The molecule has 1 rings (SSSR count). The molecule has 16 heavy (non-hydrogen) atoms. The molecule has 3 heteroatoms. The standard InChI is InChI=1S/C13H21BrN2/c1-4-8-15-10(3)11(5-2)13-12(14)7-6-9-16-13/h6-7,9-11,15H,4-5,8H2,1-3H3. The van der Waals surface area contributed by atoms with Crippen LogP contribution in [-0.2, 0) is 0 Å². The number of nitrogens with one attached hydrogen (secondary N) is 1. The number of rotatable bonds is 6. The summed E-state index contributed by atoms with van der Waals surface area (Å²) in [5, 5.41) is 3.55. The van der Waals surface area contributed by atoms with Gasteiger partial charge < -0.3 is 5.32 Å². The maximum atomic E-state index is 4.49. The second-order valence-electron chi connectivity index (χ2n) is 4.13. The number of pyridine rings is 1. The van der Waals surface area contributed by atoms with E-state index < -0.39 is 0 Å². The first-order valence-electron chi connectivity index (χ1n) is 6.04. The Bertz CT molecular complexity index is 315. The Hall–Kier alpha value is -0.410. The van der Waals surface area contributed by atoms with Gasteiger partial charge in [0.05, 0.1) is 5.69 Å². The van der Waals surface area contributed by atoms with Crippen molar-refractivity contribution < 1.29 is 0 Å². The fraction of sp³-hybridized carbons (Fsp3) is 0.615. The van der Waals surface area contributed by atoms with Crippen molar-refractivity contribution in [1.82, 2.24) is 10.3 Å². The van der Waals surface area contributed by atoms with Crippen molar-refractivity contribution in [3.05, 3.63) is 28.5 Å². The number of nitrogens with zero attached hydrogens (tertiary/aromatic N) is 1. The molecule has 0 saturated carbocycles. The molecule has 0 saturated heterocycles. The molecule has 0 aliphatic heterocycles. The summed E-state index contributed by atoms with van der Waals surface area (Å²) in [6.07, 6.45) is 4.15. The zero-order chi connectivity index (χ0) is 12.0. The highest BCUT2D eigenvalue weighted by Crippen LogP contribution is 2.27. The van der Waals surface area contributed by atoms with Crippen LogP contribution in [0.15, 0.2) is 22.8 Å². The van der Waals surface area contributed by atoms with Crippen LogP contribution in [-0.4, -0.2) is 17.6 Å². The van der Waals surface area contributed by atoms with E-state index in [1.165, 1.54) is 12.1 Å². The summed E-state index contributed by atoms with van der Waals surface area (Å²) in [7, 11) is 0. The van der Waals surface area contributed by atoms with Crippen molar-refractivity contribution >= 4 is 15.9 Å². The Balaban J connectivity index is 2.77. The van der Waals surface area contributed by atoms with E-state index >= 15 is 0 Å². The monoisotopic (exact) mass is 284 g/mol. The fourth-order valence-corrected chi connectivity index (χ4v) is 2.52. The Morgan fingerprint density at radius 1 is 1.44 bits per heavy atom. The van der Waals surface area contributed by atoms with Gasteiger partial charge in [-0.3, -0.25) is 4.98 Å². The van der Waals surface area contributed by atoms with Crippen LogP contribution < -0.4 is 5.32 Å². The smallest absolute Gasteiger partial charge is 0.0591 e. The van der Waals surface area contributed by atoms with Gasteiger partial charge in [-0.25, -0.2) is 0 Å². The summed E-state index contributed by atoms with van der Waals surface area (Å²) in [5.41, 5.74) is 1.17. The van der Waals surface area contributed by atoms with Crippen molar-refractivity contribution in [1.29, 1.82) is 0 Å². The number of hydrogen-bond acceptors (Lipinski definition) is 2. The Labute approximate surface area is 107 Å². The van der Waals surface area contributed by atoms with Gasteiger partial charge in [0.2, 0.25) is 0 Å². The Kier molecular flexibility index (Phi) is 5.99. The lowest BCUT2D eigenvalue weighted by molar-refractivity contribution is 0.442. The highest BCUT2D eigenvalue weighted by molar-refractivity contribution is 9.10. The number of halogens is 1. The van der Waals surface area contributed by atoms with Crippen LogP contribution in [0.4, 0.5) is 0 Å². The normalized spacial score (nSPS) is 14.8. The molecule has 1 N–H and O–H groups in total. The van der Waals surface area contributed by atoms with E-state index in [1.807, 2.05) is 12.3 Å². The van der Waals surface area contributed by atoms with E-state index in [0.717, 1.165) is 17.4 Å². The molecule has 0 fully saturated rings. The molecule has 90 valence electrons. The van der Waals surface area contributed by atoms with E-state index in [-0.39, 0.29) is 0 Å². The largest absolute Gasteiger partial charge is 0.314 e. The van der Waals surface area contributed by atoms with Crippen molar-refractivity contribution in [2.45, 2.75) is 45.6 Å². The van der Waals surface area contributed by atoms with Gasteiger partial charge >= 0.3 is 0 Å². The Morgan fingerprint density at radius 2 is 2.19 bits per heavy atom. The number of aromatic nitrogens is 1. The summed E-state index contributed by atoms with van der Waals surface area (Å²) in [4.78, 5) is 4.49. The molecule has 1 aromatic rings. The fourth-order valence-electron chi connectivity index (χ4n) is 1.97. The highest BCUT2D eigenvalue weighted by Gasteiger charge is 2.20. The maximum absolute atomic E-state index is 4.49. The molecule has 0 bridgehead atoms. The summed E-state index contributed by atoms with van der Waals surface area (Å²) < 4.78 is 1.12. The molecular formula is C13H21BrN2. The quantitative estimate of drug-likeness (QED) is 0.861. The molecule has 0 radical (unpaired) electrons. The molecule has 1 aromatic heterocycles. The van der Waals surface area contributed by atoms with Gasteiger partial charge in [-0.15, -0.1) is 0 Å². The van der Waals surface area contributed by atoms with E-state index in [9.17, 15) is 0 Å². The zero-order valence-corrected chi connectivity index (χ0v) is 11.9. The summed E-state index contributed by atoms with van der Waals surface area (Å²) >= 11 is 3.58. The van der Waals surface area contributed by atoms with Gasteiger partial charge in [0.1, 0.15) is 0 Å². The van der Waals surface area contributed by atoms with Gasteiger partial charge in [0.25, 0.3) is 0 Å². The lowest BCUT2D eigenvalue weighted by Gasteiger charge is -2.24. The first-order valence-corrected chi connectivity index (χ1v) is 6.83. The van der Waals surface area contributed by atoms with E-state index in [1.54, 1.807) is 0 Å². The van der Waals surface area contributed by atoms with Crippen LogP contribution in [0, 0.1) is 0 Å².